The second-order valence-electron chi connectivity index (χ2n) is 3.89. The monoisotopic (exact) mass is 307 g/mol. The van der Waals surface area contributed by atoms with Gasteiger partial charge in [-0.3, -0.25) is 0 Å². The standard InChI is InChI=1S/C14H14BrNO2/c1-2-16-9-12(15)8-13(16)14(17)18-10-11-6-4-3-5-7-11/h3-9H,2,10H2,1H3. The lowest BCUT2D eigenvalue weighted by Gasteiger charge is -2.07. The quantitative estimate of drug-likeness (QED) is 0.808. The summed E-state index contributed by atoms with van der Waals surface area (Å²) in [6.07, 6.45) is 1.87. The minimum absolute atomic E-state index is 0.298. The van der Waals surface area contributed by atoms with Crippen molar-refractivity contribution in [2.75, 3.05) is 0 Å². The molecule has 0 N–H and O–H groups in total. The van der Waals surface area contributed by atoms with Crippen molar-refractivity contribution in [1.82, 2.24) is 4.57 Å². The van der Waals surface area contributed by atoms with E-state index < -0.39 is 0 Å². The van der Waals surface area contributed by atoms with Crippen LogP contribution in [0, 0.1) is 0 Å². The van der Waals surface area contributed by atoms with Crippen molar-refractivity contribution in [2.45, 2.75) is 20.1 Å². The van der Waals surface area contributed by atoms with Gasteiger partial charge in [0.2, 0.25) is 0 Å². The molecular formula is C14H14BrNO2. The lowest BCUT2D eigenvalue weighted by atomic mass is 10.2. The Kier molecular flexibility index (Phi) is 4.20. The largest absolute Gasteiger partial charge is 0.456 e. The first-order chi connectivity index (χ1) is 8.70. The smallest absolute Gasteiger partial charge is 0.355 e. The Hall–Kier alpha value is -1.55. The number of esters is 1. The topological polar surface area (TPSA) is 31.2 Å². The summed E-state index contributed by atoms with van der Waals surface area (Å²) < 4.78 is 8.03. The first kappa shape index (κ1) is 12.9. The van der Waals surface area contributed by atoms with Crippen molar-refractivity contribution >= 4 is 21.9 Å². The second kappa shape index (κ2) is 5.87. The Morgan fingerprint density at radius 2 is 2.06 bits per heavy atom. The molecular weight excluding hydrogens is 294 g/mol. The zero-order valence-corrected chi connectivity index (χ0v) is 11.7. The van der Waals surface area contributed by atoms with Gasteiger partial charge in [0.1, 0.15) is 12.3 Å². The minimum Gasteiger partial charge on any atom is -0.456 e. The Morgan fingerprint density at radius 1 is 1.33 bits per heavy atom. The molecule has 0 spiro atoms. The van der Waals surface area contributed by atoms with Gasteiger partial charge in [0.05, 0.1) is 0 Å². The van der Waals surface area contributed by atoms with E-state index in [1.54, 1.807) is 6.07 Å². The van der Waals surface area contributed by atoms with E-state index in [1.807, 2.05) is 48.0 Å². The van der Waals surface area contributed by atoms with Crippen molar-refractivity contribution in [1.29, 1.82) is 0 Å². The zero-order chi connectivity index (χ0) is 13.0. The van der Waals surface area contributed by atoms with Gasteiger partial charge in [0, 0.05) is 17.2 Å². The van der Waals surface area contributed by atoms with Crippen LogP contribution in [0.3, 0.4) is 0 Å². The van der Waals surface area contributed by atoms with E-state index in [-0.39, 0.29) is 5.97 Å². The Bertz CT molecular complexity index is 534. The van der Waals surface area contributed by atoms with Gasteiger partial charge in [0.15, 0.2) is 0 Å². The summed E-state index contributed by atoms with van der Waals surface area (Å²) in [5, 5.41) is 0. The highest BCUT2D eigenvalue weighted by atomic mass is 79.9. The highest BCUT2D eigenvalue weighted by molar-refractivity contribution is 9.10. The average molecular weight is 308 g/mol. The number of hydrogen-bond donors (Lipinski definition) is 0. The SMILES string of the molecule is CCn1cc(Br)cc1C(=O)OCc1ccccc1. The number of hydrogen-bond acceptors (Lipinski definition) is 2. The number of carbonyl (C=O) groups is 1. The number of nitrogens with zero attached hydrogens (tertiary/aromatic N) is 1. The predicted octanol–water partition coefficient (Wildman–Crippen LogP) is 3.63. The molecule has 0 amide bonds. The van der Waals surface area contributed by atoms with Gasteiger partial charge in [-0.2, -0.15) is 0 Å². The van der Waals surface area contributed by atoms with Crippen LogP contribution in [0.15, 0.2) is 47.1 Å². The van der Waals surface area contributed by atoms with Crippen molar-refractivity contribution in [3.8, 4) is 0 Å². The summed E-state index contributed by atoms with van der Waals surface area (Å²) in [6, 6.07) is 11.4. The highest BCUT2D eigenvalue weighted by Gasteiger charge is 2.13. The average Bonchev–Trinajstić information content (AvgIpc) is 2.78. The molecule has 94 valence electrons. The first-order valence-corrected chi connectivity index (χ1v) is 6.56. The van der Waals surface area contributed by atoms with E-state index in [0.29, 0.717) is 12.3 Å². The van der Waals surface area contributed by atoms with Crippen LogP contribution < -0.4 is 0 Å². The molecule has 0 aliphatic heterocycles. The van der Waals surface area contributed by atoms with Gasteiger partial charge < -0.3 is 9.30 Å². The van der Waals surface area contributed by atoms with Gasteiger partial charge in [-0.15, -0.1) is 0 Å². The fraction of sp³-hybridized carbons (Fsp3) is 0.214. The van der Waals surface area contributed by atoms with E-state index in [0.717, 1.165) is 16.6 Å². The number of rotatable bonds is 4. The van der Waals surface area contributed by atoms with Gasteiger partial charge >= 0.3 is 5.97 Å². The highest BCUT2D eigenvalue weighted by Crippen LogP contribution is 2.16. The normalized spacial score (nSPS) is 10.3. The van der Waals surface area contributed by atoms with Crippen LogP contribution in [0.1, 0.15) is 23.0 Å². The van der Waals surface area contributed by atoms with Crippen LogP contribution >= 0.6 is 15.9 Å². The first-order valence-electron chi connectivity index (χ1n) is 5.77. The molecule has 0 saturated heterocycles. The summed E-state index contributed by atoms with van der Waals surface area (Å²) in [5.74, 6) is -0.300. The predicted molar refractivity (Wildman–Crippen MR) is 73.4 cm³/mol. The minimum atomic E-state index is -0.300. The third kappa shape index (κ3) is 3.01. The molecule has 4 heteroatoms. The number of benzene rings is 1. The second-order valence-corrected chi connectivity index (χ2v) is 4.81. The molecule has 0 saturated carbocycles. The molecule has 2 aromatic rings. The molecule has 0 aliphatic carbocycles. The van der Waals surface area contributed by atoms with Crippen LogP contribution in [-0.4, -0.2) is 10.5 Å². The summed E-state index contributed by atoms with van der Waals surface area (Å²) in [7, 11) is 0. The lowest BCUT2D eigenvalue weighted by Crippen LogP contribution is -2.11. The van der Waals surface area contributed by atoms with E-state index in [9.17, 15) is 4.79 Å². The van der Waals surface area contributed by atoms with Gasteiger partial charge in [0.25, 0.3) is 0 Å². The summed E-state index contributed by atoms with van der Waals surface area (Å²) in [4.78, 5) is 11.9. The zero-order valence-electron chi connectivity index (χ0n) is 10.1. The van der Waals surface area contributed by atoms with E-state index in [2.05, 4.69) is 15.9 Å². The fourth-order valence-electron chi connectivity index (χ4n) is 1.70. The number of aromatic nitrogens is 1. The summed E-state index contributed by atoms with van der Waals surface area (Å²) in [6.45, 7) is 3.02. The molecule has 0 fully saturated rings. The Balaban J connectivity index is 2.04. The molecule has 1 aromatic heterocycles. The molecule has 1 heterocycles. The van der Waals surface area contributed by atoms with Crippen molar-refractivity contribution in [3.05, 3.63) is 58.3 Å². The molecule has 2 rings (SSSR count). The van der Waals surface area contributed by atoms with Gasteiger partial charge in [-0.25, -0.2) is 4.79 Å². The third-order valence-electron chi connectivity index (χ3n) is 2.63. The molecule has 0 bridgehead atoms. The van der Waals surface area contributed by atoms with Crippen LogP contribution in [0.5, 0.6) is 0 Å². The van der Waals surface area contributed by atoms with Crippen LogP contribution in [0.4, 0.5) is 0 Å². The third-order valence-corrected chi connectivity index (χ3v) is 3.06. The maximum absolute atomic E-state index is 11.9. The van der Waals surface area contributed by atoms with Crippen molar-refractivity contribution in [3.63, 3.8) is 0 Å². The number of halogens is 1. The molecule has 1 aromatic carbocycles. The Morgan fingerprint density at radius 3 is 2.72 bits per heavy atom. The van der Waals surface area contributed by atoms with Crippen molar-refractivity contribution < 1.29 is 9.53 Å². The van der Waals surface area contributed by atoms with Gasteiger partial charge in [-0.1, -0.05) is 30.3 Å². The van der Waals surface area contributed by atoms with E-state index in [1.165, 1.54) is 0 Å². The maximum Gasteiger partial charge on any atom is 0.355 e. The fourth-order valence-corrected chi connectivity index (χ4v) is 2.17. The van der Waals surface area contributed by atoms with Crippen LogP contribution in [-0.2, 0) is 17.9 Å². The summed E-state index contributed by atoms with van der Waals surface area (Å²) >= 11 is 3.36. The molecule has 0 atom stereocenters. The van der Waals surface area contributed by atoms with Gasteiger partial charge in [-0.05, 0) is 34.5 Å². The van der Waals surface area contributed by atoms with E-state index >= 15 is 0 Å². The molecule has 18 heavy (non-hydrogen) atoms. The van der Waals surface area contributed by atoms with E-state index in [4.69, 9.17) is 4.74 Å². The molecule has 0 aliphatic rings. The molecule has 0 radical (unpaired) electrons. The number of carbonyl (C=O) groups excluding carboxylic acids is 1. The number of aryl methyl sites for hydroxylation is 1. The number of ether oxygens (including phenoxy) is 1. The molecule has 3 nitrogen and oxygen atoms in total. The van der Waals surface area contributed by atoms with Crippen molar-refractivity contribution in [2.24, 2.45) is 0 Å². The maximum atomic E-state index is 11.9. The Labute approximate surface area is 115 Å². The van der Waals surface area contributed by atoms with Crippen LogP contribution in [0.25, 0.3) is 0 Å². The summed E-state index contributed by atoms with van der Waals surface area (Å²) in [5.41, 5.74) is 1.56. The molecule has 0 unspecified atom stereocenters. The lowest BCUT2D eigenvalue weighted by molar-refractivity contribution is 0.0460. The van der Waals surface area contributed by atoms with Crippen LogP contribution in [0.2, 0.25) is 0 Å².